The van der Waals surface area contributed by atoms with Crippen molar-refractivity contribution >= 4 is 33.4 Å². The third-order valence-electron chi connectivity index (χ3n) is 2.88. The highest BCUT2D eigenvalue weighted by Crippen LogP contribution is 2.22. The topological polar surface area (TPSA) is 84.2 Å². The standard InChI is InChI=1S/C14H14BrN3O3/c1-8(2)18-6-5-16-12(13(18)19)17-9-3-4-11(15)10(7-9)14(20)21/h3-8H,1-2H3,(H,16,17)(H,20,21). The van der Waals surface area contributed by atoms with Crippen LogP contribution in [-0.4, -0.2) is 20.6 Å². The average Bonchev–Trinajstić information content (AvgIpc) is 2.42. The zero-order valence-electron chi connectivity index (χ0n) is 11.5. The Hall–Kier alpha value is -2.15. The number of aromatic carboxylic acids is 1. The number of hydrogen-bond acceptors (Lipinski definition) is 4. The highest BCUT2D eigenvalue weighted by Gasteiger charge is 2.11. The summed E-state index contributed by atoms with van der Waals surface area (Å²) in [5.41, 5.74) is 0.342. The SMILES string of the molecule is CC(C)n1ccnc(Nc2ccc(Br)c(C(=O)O)c2)c1=O. The van der Waals surface area contributed by atoms with Crippen molar-refractivity contribution in [3.63, 3.8) is 0 Å². The normalized spacial score (nSPS) is 10.7. The largest absolute Gasteiger partial charge is 0.478 e. The van der Waals surface area contributed by atoms with Gasteiger partial charge in [0.15, 0.2) is 5.82 Å². The maximum Gasteiger partial charge on any atom is 0.336 e. The van der Waals surface area contributed by atoms with Crippen LogP contribution in [0.5, 0.6) is 0 Å². The fourth-order valence-corrected chi connectivity index (χ4v) is 2.24. The number of benzene rings is 1. The third kappa shape index (κ3) is 3.30. The molecule has 0 amide bonds. The molecule has 0 spiro atoms. The van der Waals surface area contributed by atoms with E-state index in [2.05, 4.69) is 26.2 Å². The van der Waals surface area contributed by atoms with Gasteiger partial charge in [-0.3, -0.25) is 4.79 Å². The van der Waals surface area contributed by atoms with Crippen molar-refractivity contribution in [3.8, 4) is 0 Å². The van der Waals surface area contributed by atoms with Gasteiger partial charge in [-0.2, -0.15) is 0 Å². The Balaban J connectivity index is 2.39. The summed E-state index contributed by atoms with van der Waals surface area (Å²) in [6.45, 7) is 3.79. The molecule has 0 bridgehead atoms. The van der Waals surface area contributed by atoms with E-state index >= 15 is 0 Å². The van der Waals surface area contributed by atoms with Crippen LogP contribution in [0.2, 0.25) is 0 Å². The minimum absolute atomic E-state index is 0.0144. The number of rotatable bonds is 4. The van der Waals surface area contributed by atoms with Crippen LogP contribution in [-0.2, 0) is 0 Å². The Labute approximate surface area is 129 Å². The zero-order chi connectivity index (χ0) is 15.6. The van der Waals surface area contributed by atoms with Gasteiger partial charge < -0.3 is 15.0 Å². The quantitative estimate of drug-likeness (QED) is 0.884. The predicted molar refractivity (Wildman–Crippen MR) is 83.3 cm³/mol. The average molecular weight is 352 g/mol. The predicted octanol–water partition coefficient (Wildman–Crippen LogP) is 3.03. The van der Waals surface area contributed by atoms with Crippen LogP contribution >= 0.6 is 15.9 Å². The molecule has 0 fully saturated rings. The molecule has 0 unspecified atom stereocenters. The number of hydrogen-bond donors (Lipinski definition) is 2. The first-order valence-corrected chi connectivity index (χ1v) is 7.06. The van der Waals surface area contributed by atoms with Crippen LogP contribution in [0.15, 0.2) is 39.9 Å². The summed E-state index contributed by atoms with van der Waals surface area (Å²) in [5.74, 6) is -0.893. The number of aromatic nitrogens is 2. The second-order valence-corrected chi connectivity index (χ2v) is 5.56. The van der Waals surface area contributed by atoms with E-state index in [0.29, 0.717) is 10.2 Å². The highest BCUT2D eigenvalue weighted by atomic mass is 79.9. The first-order chi connectivity index (χ1) is 9.90. The van der Waals surface area contributed by atoms with Crippen LogP contribution in [0.25, 0.3) is 0 Å². The molecule has 6 nitrogen and oxygen atoms in total. The minimum atomic E-state index is -1.05. The van der Waals surface area contributed by atoms with Crippen LogP contribution in [0, 0.1) is 0 Å². The third-order valence-corrected chi connectivity index (χ3v) is 3.58. The fraction of sp³-hybridized carbons (Fsp3) is 0.214. The number of carbonyl (C=O) groups is 1. The molecule has 0 aliphatic rings. The molecule has 0 saturated carbocycles. The molecule has 0 radical (unpaired) electrons. The molecule has 1 aromatic heterocycles. The van der Waals surface area contributed by atoms with E-state index in [1.165, 1.54) is 12.3 Å². The van der Waals surface area contributed by atoms with E-state index in [9.17, 15) is 9.59 Å². The molecule has 0 aliphatic carbocycles. The van der Waals surface area contributed by atoms with Crippen molar-refractivity contribution < 1.29 is 9.90 Å². The number of carboxylic acids is 1. The maximum atomic E-state index is 12.2. The first-order valence-electron chi connectivity index (χ1n) is 6.27. The lowest BCUT2D eigenvalue weighted by atomic mass is 10.2. The molecule has 0 saturated heterocycles. The molecule has 2 rings (SSSR count). The summed E-state index contributed by atoms with van der Waals surface area (Å²) in [4.78, 5) is 27.3. The first kappa shape index (κ1) is 15.2. The van der Waals surface area contributed by atoms with Gasteiger partial charge >= 0.3 is 5.97 Å². The molecule has 2 aromatic rings. The Morgan fingerprint density at radius 1 is 1.43 bits per heavy atom. The summed E-state index contributed by atoms with van der Waals surface area (Å²) in [7, 11) is 0. The van der Waals surface area contributed by atoms with Gasteiger partial charge in [0, 0.05) is 28.6 Å². The zero-order valence-corrected chi connectivity index (χ0v) is 13.1. The van der Waals surface area contributed by atoms with Gasteiger partial charge in [-0.25, -0.2) is 9.78 Å². The number of carboxylic acid groups (broad SMARTS) is 1. The smallest absolute Gasteiger partial charge is 0.336 e. The molecule has 1 aromatic carbocycles. The van der Waals surface area contributed by atoms with Crippen molar-refractivity contribution in [2.45, 2.75) is 19.9 Å². The molecular weight excluding hydrogens is 338 g/mol. The molecule has 110 valence electrons. The van der Waals surface area contributed by atoms with Gasteiger partial charge in [-0.05, 0) is 48.0 Å². The number of anilines is 2. The molecule has 1 heterocycles. The Morgan fingerprint density at radius 3 is 2.76 bits per heavy atom. The lowest BCUT2D eigenvalue weighted by Crippen LogP contribution is -2.24. The fourth-order valence-electron chi connectivity index (χ4n) is 1.82. The summed E-state index contributed by atoms with van der Waals surface area (Å²) >= 11 is 3.17. The molecule has 2 N–H and O–H groups in total. The summed E-state index contributed by atoms with van der Waals surface area (Å²) in [6.07, 6.45) is 3.14. The van der Waals surface area contributed by atoms with Gasteiger partial charge in [-0.1, -0.05) is 0 Å². The summed E-state index contributed by atoms with van der Waals surface area (Å²) < 4.78 is 2.02. The van der Waals surface area contributed by atoms with E-state index in [1.54, 1.807) is 22.9 Å². The van der Waals surface area contributed by atoms with Gasteiger partial charge in [0.05, 0.1) is 5.56 Å². The van der Waals surface area contributed by atoms with E-state index < -0.39 is 5.97 Å². The molecular formula is C14H14BrN3O3. The van der Waals surface area contributed by atoms with Gasteiger partial charge in [0.2, 0.25) is 0 Å². The van der Waals surface area contributed by atoms with Crippen molar-refractivity contribution in [2.75, 3.05) is 5.32 Å². The monoisotopic (exact) mass is 351 g/mol. The lowest BCUT2D eigenvalue weighted by Gasteiger charge is -2.12. The van der Waals surface area contributed by atoms with Crippen LogP contribution in [0.1, 0.15) is 30.2 Å². The van der Waals surface area contributed by atoms with Gasteiger partial charge in [0.1, 0.15) is 0 Å². The number of nitrogens with one attached hydrogen (secondary N) is 1. The Bertz CT molecular complexity index is 740. The number of nitrogens with zero attached hydrogens (tertiary/aromatic N) is 2. The van der Waals surface area contributed by atoms with E-state index in [4.69, 9.17) is 5.11 Å². The van der Waals surface area contributed by atoms with E-state index in [0.717, 1.165) is 0 Å². The van der Waals surface area contributed by atoms with Gasteiger partial charge in [-0.15, -0.1) is 0 Å². The molecule has 21 heavy (non-hydrogen) atoms. The number of halogens is 1. The summed E-state index contributed by atoms with van der Waals surface area (Å²) in [6, 6.07) is 4.74. The van der Waals surface area contributed by atoms with E-state index in [-0.39, 0.29) is 23.0 Å². The Kier molecular flexibility index (Phi) is 4.42. The van der Waals surface area contributed by atoms with Crippen molar-refractivity contribution in [2.24, 2.45) is 0 Å². The second kappa shape index (κ2) is 6.09. The van der Waals surface area contributed by atoms with Crippen molar-refractivity contribution in [3.05, 3.63) is 51.0 Å². The highest BCUT2D eigenvalue weighted by molar-refractivity contribution is 9.10. The maximum absolute atomic E-state index is 12.2. The van der Waals surface area contributed by atoms with Gasteiger partial charge in [0.25, 0.3) is 5.56 Å². The van der Waals surface area contributed by atoms with Crippen LogP contribution in [0.3, 0.4) is 0 Å². The van der Waals surface area contributed by atoms with Crippen LogP contribution < -0.4 is 10.9 Å². The van der Waals surface area contributed by atoms with Crippen molar-refractivity contribution in [1.82, 2.24) is 9.55 Å². The molecule has 0 aliphatic heterocycles. The summed E-state index contributed by atoms with van der Waals surface area (Å²) in [5, 5.41) is 11.9. The molecule has 7 heteroatoms. The second-order valence-electron chi connectivity index (χ2n) is 4.71. The lowest BCUT2D eigenvalue weighted by molar-refractivity contribution is 0.0696. The van der Waals surface area contributed by atoms with Crippen molar-refractivity contribution in [1.29, 1.82) is 0 Å². The Morgan fingerprint density at radius 2 is 2.14 bits per heavy atom. The minimum Gasteiger partial charge on any atom is -0.478 e. The van der Waals surface area contributed by atoms with Crippen LogP contribution in [0.4, 0.5) is 11.5 Å². The molecule has 0 atom stereocenters. The van der Waals surface area contributed by atoms with E-state index in [1.807, 2.05) is 13.8 Å².